The fourth-order valence-corrected chi connectivity index (χ4v) is 4.37. The number of nitrogens with zero attached hydrogens (tertiary/aromatic N) is 4. The Labute approximate surface area is 177 Å². The topological polar surface area (TPSA) is 70.5 Å². The fourth-order valence-electron chi connectivity index (χ4n) is 4.37. The molecule has 4 rings (SSSR count). The Bertz CT molecular complexity index is 892. The third kappa shape index (κ3) is 4.02. The molecule has 0 aliphatic carbocycles. The van der Waals surface area contributed by atoms with Gasteiger partial charge in [0.1, 0.15) is 17.8 Å². The van der Waals surface area contributed by atoms with E-state index in [1.165, 1.54) is 0 Å². The summed E-state index contributed by atoms with van der Waals surface area (Å²) in [5, 5.41) is 3.34. The number of rotatable bonds is 3. The van der Waals surface area contributed by atoms with Gasteiger partial charge in [0, 0.05) is 51.3 Å². The van der Waals surface area contributed by atoms with E-state index >= 15 is 0 Å². The lowest BCUT2D eigenvalue weighted by Gasteiger charge is -2.37. The SMILES string of the molecule is Cc1cc(C)cc(N2CCC(C(=O)N3CCNCC3c3nccn3C)C2=O)c1.Cl. The zero-order chi connectivity index (χ0) is 19.8. The van der Waals surface area contributed by atoms with Crippen LogP contribution < -0.4 is 10.2 Å². The van der Waals surface area contributed by atoms with Crippen LogP contribution in [0.1, 0.15) is 29.4 Å². The van der Waals surface area contributed by atoms with Crippen molar-refractivity contribution in [2.75, 3.05) is 31.1 Å². The van der Waals surface area contributed by atoms with Crippen LogP contribution in [0.5, 0.6) is 0 Å². The van der Waals surface area contributed by atoms with Crippen LogP contribution in [0, 0.1) is 19.8 Å². The van der Waals surface area contributed by atoms with Crippen LogP contribution in [0.25, 0.3) is 0 Å². The summed E-state index contributed by atoms with van der Waals surface area (Å²) in [5.74, 6) is 0.0670. The fraction of sp³-hybridized carbons (Fsp3) is 0.476. The van der Waals surface area contributed by atoms with Crippen LogP contribution in [0.2, 0.25) is 0 Å². The van der Waals surface area contributed by atoms with Gasteiger partial charge < -0.3 is 19.7 Å². The summed E-state index contributed by atoms with van der Waals surface area (Å²) < 4.78 is 1.94. The van der Waals surface area contributed by atoms with Gasteiger partial charge in [-0.1, -0.05) is 6.07 Å². The highest BCUT2D eigenvalue weighted by atomic mass is 35.5. The highest BCUT2D eigenvalue weighted by Gasteiger charge is 2.42. The van der Waals surface area contributed by atoms with Gasteiger partial charge in [0.2, 0.25) is 11.8 Å². The standard InChI is InChI=1S/C21H27N5O2.ClH/c1-14-10-15(2)12-16(11-14)25-7-4-17(20(25)27)21(28)26-9-5-22-13-18(26)19-23-6-8-24(19)3;/h6,8,10-12,17-18,22H,4-5,7,9,13H2,1-3H3;1H. The van der Waals surface area contributed by atoms with Gasteiger partial charge in [-0.3, -0.25) is 9.59 Å². The van der Waals surface area contributed by atoms with Crippen molar-refractivity contribution >= 4 is 29.9 Å². The van der Waals surface area contributed by atoms with Crippen LogP contribution in [-0.4, -0.2) is 52.4 Å². The number of amides is 2. The predicted molar refractivity (Wildman–Crippen MR) is 114 cm³/mol. The normalized spacial score (nSPS) is 22.0. The molecule has 29 heavy (non-hydrogen) atoms. The van der Waals surface area contributed by atoms with E-state index in [0.29, 0.717) is 26.1 Å². The second-order valence-electron chi connectivity index (χ2n) is 7.82. The molecule has 1 N–H and O–H groups in total. The van der Waals surface area contributed by atoms with Crippen LogP contribution >= 0.6 is 12.4 Å². The van der Waals surface area contributed by atoms with E-state index in [1.807, 2.05) is 48.7 Å². The molecular formula is C21H28ClN5O2. The van der Waals surface area contributed by atoms with E-state index in [2.05, 4.69) is 16.4 Å². The van der Waals surface area contributed by atoms with Crippen molar-refractivity contribution in [1.82, 2.24) is 19.8 Å². The molecule has 2 unspecified atom stereocenters. The lowest BCUT2D eigenvalue weighted by Crippen LogP contribution is -2.52. The lowest BCUT2D eigenvalue weighted by atomic mass is 10.0. The molecule has 8 heteroatoms. The number of benzene rings is 1. The second kappa shape index (κ2) is 8.55. The lowest BCUT2D eigenvalue weighted by molar-refractivity contribution is -0.142. The monoisotopic (exact) mass is 417 g/mol. The van der Waals surface area contributed by atoms with Crippen molar-refractivity contribution in [2.45, 2.75) is 26.3 Å². The summed E-state index contributed by atoms with van der Waals surface area (Å²) in [6.45, 7) is 6.60. The Morgan fingerprint density at radius 1 is 1.17 bits per heavy atom. The van der Waals surface area contributed by atoms with Crippen molar-refractivity contribution in [3.63, 3.8) is 0 Å². The van der Waals surface area contributed by atoms with E-state index in [1.54, 1.807) is 11.1 Å². The number of aryl methyl sites for hydroxylation is 3. The minimum absolute atomic E-state index is 0. The summed E-state index contributed by atoms with van der Waals surface area (Å²) in [4.78, 5) is 34.5. The number of carbonyl (C=O) groups is 2. The number of imidazole rings is 1. The van der Waals surface area contributed by atoms with Crippen LogP contribution in [0.3, 0.4) is 0 Å². The predicted octanol–water partition coefficient (Wildman–Crippen LogP) is 1.98. The van der Waals surface area contributed by atoms with Gasteiger partial charge in [-0.05, 0) is 43.5 Å². The zero-order valence-corrected chi connectivity index (χ0v) is 17.9. The minimum atomic E-state index is -0.610. The van der Waals surface area contributed by atoms with Crippen molar-refractivity contribution in [3.8, 4) is 0 Å². The number of nitrogens with one attached hydrogen (secondary N) is 1. The molecule has 1 aromatic carbocycles. The number of aromatic nitrogens is 2. The number of piperazine rings is 1. The van der Waals surface area contributed by atoms with E-state index in [4.69, 9.17) is 0 Å². The number of halogens is 1. The molecule has 0 radical (unpaired) electrons. The molecule has 2 saturated heterocycles. The summed E-state index contributed by atoms with van der Waals surface area (Å²) in [6.07, 6.45) is 4.19. The number of hydrogen-bond donors (Lipinski definition) is 1. The van der Waals surface area contributed by atoms with Gasteiger partial charge in [0.15, 0.2) is 0 Å². The average molecular weight is 418 g/mol. The molecular weight excluding hydrogens is 390 g/mol. The van der Waals surface area contributed by atoms with Gasteiger partial charge in [-0.2, -0.15) is 0 Å². The molecule has 0 saturated carbocycles. The molecule has 156 valence electrons. The first kappa shape index (κ1) is 21.3. The molecule has 1 aromatic heterocycles. The summed E-state index contributed by atoms with van der Waals surface area (Å²) >= 11 is 0. The van der Waals surface area contributed by atoms with Crippen LogP contribution in [0.15, 0.2) is 30.6 Å². The Morgan fingerprint density at radius 2 is 1.90 bits per heavy atom. The van der Waals surface area contributed by atoms with Gasteiger partial charge in [-0.25, -0.2) is 4.98 Å². The molecule has 0 bridgehead atoms. The molecule has 2 fully saturated rings. The van der Waals surface area contributed by atoms with E-state index in [-0.39, 0.29) is 30.3 Å². The zero-order valence-electron chi connectivity index (χ0n) is 17.1. The average Bonchev–Trinajstić information content (AvgIpc) is 3.26. The summed E-state index contributed by atoms with van der Waals surface area (Å²) in [5.41, 5.74) is 3.13. The molecule has 2 aromatic rings. The molecule has 2 amide bonds. The molecule has 0 spiro atoms. The number of carbonyl (C=O) groups excluding carboxylic acids is 2. The summed E-state index contributed by atoms with van der Waals surface area (Å²) in [6, 6.07) is 5.97. The Balaban J connectivity index is 0.00000240. The van der Waals surface area contributed by atoms with Gasteiger partial charge in [0.05, 0.1) is 0 Å². The molecule has 2 atom stereocenters. The largest absolute Gasteiger partial charge is 0.336 e. The van der Waals surface area contributed by atoms with Crippen molar-refractivity contribution < 1.29 is 9.59 Å². The molecule has 3 heterocycles. The van der Waals surface area contributed by atoms with E-state index in [0.717, 1.165) is 29.2 Å². The van der Waals surface area contributed by atoms with Gasteiger partial charge in [0.25, 0.3) is 0 Å². The molecule has 7 nitrogen and oxygen atoms in total. The third-order valence-corrected chi connectivity index (χ3v) is 5.70. The summed E-state index contributed by atoms with van der Waals surface area (Å²) in [7, 11) is 1.93. The smallest absolute Gasteiger partial charge is 0.239 e. The van der Waals surface area contributed by atoms with E-state index in [9.17, 15) is 9.59 Å². The van der Waals surface area contributed by atoms with Crippen molar-refractivity contribution in [1.29, 1.82) is 0 Å². The Hall–Kier alpha value is -2.38. The minimum Gasteiger partial charge on any atom is -0.336 e. The molecule has 2 aliphatic heterocycles. The maximum Gasteiger partial charge on any atom is 0.239 e. The molecule has 2 aliphatic rings. The second-order valence-corrected chi connectivity index (χ2v) is 7.82. The highest BCUT2D eigenvalue weighted by molar-refractivity contribution is 6.09. The van der Waals surface area contributed by atoms with Crippen LogP contribution in [-0.2, 0) is 16.6 Å². The maximum atomic E-state index is 13.4. The van der Waals surface area contributed by atoms with Crippen molar-refractivity contribution in [2.24, 2.45) is 13.0 Å². The van der Waals surface area contributed by atoms with Crippen LogP contribution in [0.4, 0.5) is 5.69 Å². The first-order chi connectivity index (χ1) is 13.5. The third-order valence-electron chi connectivity index (χ3n) is 5.70. The quantitative estimate of drug-likeness (QED) is 0.775. The van der Waals surface area contributed by atoms with Gasteiger partial charge in [-0.15, -0.1) is 12.4 Å². The highest BCUT2D eigenvalue weighted by Crippen LogP contribution is 2.30. The Morgan fingerprint density at radius 3 is 2.55 bits per heavy atom. The number of anilines is 1. The van der Waals surface area contributed by atoms with Crippen molar-refractivity contribution in [3.05, 3.63) is 47.5 Å². The van der Waals surface area contributed by atoms with E-state index < -0.39 is 5.92 Å². The maximum absolute atomic E-state index is 13.4. The Kier molecular flexibility index (Phi) is 6.29. The first-order valence-corrected chi connectivity index (χ1v) is 9.84. The first-order valence-electron chi connectivity index (χ1n) is 9.84. The number of hydrogen-bond acceptors (Lipinski definition) is 4. The van der Waals surface area contributed by atoms with Gasteiger partial charge >= 0.3 is 0 Å².